The minimum Gasteiger partial charge on any atom is -0.460 e. The van der Waals surface area contributed by atoms with Crippen LogP contribution >= 0.6 is 7.75 Å². The lowest BCUT2D eigenvalue weighted by atomic mass is 9.93. The Morgan fingerprint density at radius 1 is 1.26 bits per heavy atom. The first-order valence-corrected chi connectivity index (χ1v) is 14.3. The van der Waals surface area contributed by atoms with E-state index in [-0.39, 0.29) is 18.2 Å². The Balaban J connectivity index is 1.52. The second kappa shape index (κ2) is 13.2. The van der Waals surface area contributed by atoms with Gasteiger partial charge in [0.2, 0.25) is 0 Å². The first-order valence-electron chi connectivity index (χ1n) is 12.8. The fourth-order valence-corrected chi connectivity index (χ4v) is 5.71. The third-order valence-electron chi connectivity index (χ3n) is 6.43. The van der Waals surface area contributed by atoms with Crippen molar-refractivity contribution >= 4 is 19.5 Å². The number of carbonyl (C=O) groups is 1. The predicted molar refractivity (Wildman–Crippen MR) is 150 cm³/mol. The number of benzene rings is 2. The van der Waals surface area contributed by atoms with Crippen LogP contribution in [0.15, 0.2) is 82.8 Å². The standard InChI is InChI=1S/C26H30N7O8P/c1-17(23(35)38-15-18-9-5-3-6-10-18)30-42(37,41-19-11-7-4-8-12-19)39-16-20-22(34)26(2,31-32-28)24(40-20)33-14-13-21(27)29-25(33)36/h3-14,17,20,22,24,34H,15-16H2,1-2H3,(H,30,37)(H2,27,29,36)/t17-,20+,22+,24?,26+,42?/m0/s1. The SMILES string of the molecule is C[C@H](NP(=O)(OC[C@H]1OC(n2ccc(N)nc2=O)[C@](C)(N=[N+]=[N-])[C@@H]1O)Oc1ccccc1)C(=O)OCc1ccccc1. The van der Waals surface area contributed by atoms with Gasteiger partial charge in [-0.3, -0.25) is 13.9 Å². The van der Waals surface area contributed by atoms with Crippen molar-refractivity contribution in [1.82, 2.24) is 14.6 Å². The molecule has 0 amide bonds. The maximum absolute atomic E-state index is 13.9. The highest BCUT2D eigenvalue weighted by Crippen LogP contribution is 2.47. The van der Waals surface area contributed by atoms with E-state index < -0.39 is 56.0 Å². The van der Waals surface area contributed by atoms with Crippen LogP contribution in [-0.4, -0.2) is 51.0 Å². The van der Waals surface area contributed by atoms with Crippen molar-refractivity contribution in [2.24, 2.45) is 5.11 Å². The number of para-hydroxylation sites is 1. The Bertz CT molecular complexity index is 1540. The molecule has 0 saturated carbocycles. The summed E-state index contributed by atoms with van der Waals surface area (Å²) in [5.74, 6) is -0.591. The largest absolute Gasteiger partial charge is 0.460 e. The number of hydrogen-bond acceptors (Lipinski definition) is 11. The summed E-state index contributed by atoms with van der Waals surface area (Å²) in [7, 11) is -4.33. The molecule has 1 fully saturated rings. The summed E-state index contributed by atoms with van der Waals surface area (Å²) >= 11 is 0. The van der Waals surface area contributed by atoms with Gasteiger partial charge in [0.1, 0.15) is 35.9 Å². The first kappa shape index (κ1) is 30.7. The van der Waals surface area contributed by atoms with E-state index in [2.05, 4.69) is 20.1 Å². The Morgan fingerprint density at radius 2 is 1.93 bits per heavy atom. The molecule has 42 heavy (non-hydrogen) atoms. The van der Waals surface area contributed by atoms with Crippen LogP contribution in [0.3, 0.4) is 0 Å². The van der Waals surface area contributed by atoms with E-state index in [9.17, 15) is 24.8 Å². The number of aliphatic hydroxyl groups is 1. The van der Waals surface area contributed by atoms with E-state index >= 15 is 0 Å². The third kappa shape index (κ3) is 7.15. The van der Waals surface area contributed by atoms with Gasteiger partial charge in [-0.1, -0.05) is 53.6 Å². The molecule has 6 atom stereocenters. The number of azide groups is 1. The molecule has 2 unspecified atom stereocenters. The molecule has 1 saturated heterocycles. The van der Waals surface area contributed by atoms with Gasteiger partial charge in [0.05, 0.1) is 12.7 Å². The number of nitrogens with zero attached hydrogens (tertiary/aromatic N) is 5. The number of hydrogen-bond donors (Lipinski definition) is 3. The average Bonchev–Trinajstić information content (AvgIpc) is 3.21. The summed E-state index contributed by atoms with van der Waals surface area (Å²) in [6.07, 6.45) is -2.82. The molecule has 222 valence electrons. The number of nitrogen functional groups attached to an aromatic ring is 1. The van der Waals surface area contributed by atoms with Gasteiger partial charge >= 0.3 is 19.4 Å². The van der Waals surface area contributed by atoms with Crippen LogP contribution in [0.5, 0.6) is 5.75 Å². The van der Waals surface area contributed by atoms with Crippen LogP contribution in [0.2, 0.25) is 0 Å². The van der Waals surface area contributed by atoms with Crippen molar-refractivity contribution in [3.8, 4) is 5.75 Å². The molecule has 1 aliphatic rings. The van der Waals surface area contributed by atoms with Gasteiger partial charge in [-0.25, -0.2) is 9.36 Å². The van der Waals surface area contributed by atoms with Crippen LogP contribution in [0, 0.1) is 0 Å². The molecule has 2 aromatic carbocycles. The van der Waals surface area contributed by atoms with Crippen LogP contribution in [0.4, 0.5) is 5.82 Å². The maximum Gasteiger partial charge on any atom is 0.459 e. The Hall–Kier alpha value is -4.23. The number of anilines is 1. The molecule has 16 heteroatoms. The van der Waals surface area contributed by atoms with Crippen molar-refractivity contribution in [3.05, 3.63) is 99.4 Å². The van der Waals surface area contributed by atoms with Crippen molar-refractivity contribution in [2.45, 2.75) is 50.5 Å². The molecule has 0 radical (unpaired) electrons. The molecule has 15 nitrogen and oxygen atoms in total. The van der Waals surface area contributed by atoms with Gasteiger partial charge in [-0.15, -0.1) is 0 Å². The summed E-state index contributed by atoms with van der Waals surface area (Å²) in [6, 6.07) is 17.3. The number of ether oxygens (including phenoxy) is 2. The number of carbonyl (C=O) groups excluding carboxylic acids is 1. The Labute approximate surface area is 240 Å². The smallest absolute Gasteiger partial charge is 0.459 e. The first-order chi connectivity index (χ1) is 20.0. The molecule has 4 rings (SSSR count). The van der Waals surface area contributed by atoms with Crippen molar-refractivity contribution < 1.29 is 33.0 Å². The second-order valence-electron chi connectivity index (χ2n) is 9.57. The highest BCUT2D eigenvalue weighted by Gasteiger charge is 2.55. The summed E-state index contributed by atoms with van der Waals surface area (Å²) in [5.41, 5.74) is 13.0. The van der Waals surface area contributed by atoms with E-state index in [1.54, 1.807) is 42.5 Å². The minimum absolute atomic E-state index is 0.00273. The zero-order valence-corrected chi connectivity index (χ0v) is 23.6. The second-order valence-corrected chi connectivity index (χ2v) is 11.3. The van der Waals surface area contributed by atoms with Gasteiger partial charge in [-0.2, -0.15) is 10.1 Å². The van der Waals surface area contributed by atoms with E-state index in [1.165, 1.54) is 38.2 Å². The van der Waals surface area contributed by atoms with Crippen LogP contribution < -0.4 is 21.0 Å². The summed E-state index contributed by atoms with van der Waals surface area (Å²) in [6.45, 7) is 2.24. The number of esters is 1. The average molecular weight is 600 g/mol. The predicted octanol–water partition coefficient (Wildman–Crippen LogP) is 3.08. The molecular formula is C26H30N7O8P. The highest BCUT2D eigenvalue weighted by atomic mass is 31.2. The van der Waals surface area contributed by atoms with Gasteiger partial charge < -0.3 is 24.8 Å². The number of aliphatic hydroxyl groups excluding tert-OH is 1. The summed E-state index contributed by atoms with van der Waals surface area (Å²) < 4.78 is 37.4. The van der Waals surface area contributed by atoms with Crippen LogP contribution in [-0.2, 0) is 30.0 Å². The van der Waals surface area contributed by atoms with Crippen LogP contribution in [0.25, 0.3) is 10.4 Å². The lowest BCUT2D eigenvalue weighted by Gasteiger charge is -2.28. The van der Waals surface area contributed by atoms with Gasteiger partial charge in [0.15, 0.2) is 6.23 Å². The number of nitrogens with one attached hydrogen (secondary N) is 1. The van der Waals surface area contributed by atoms with Crippen molar-refractivity contribution in [3.63, 3.8) is 0 Å². The van der Waals surface area contributed by atoms with Gasteiger partial charge in [0, 0.05) is 11.1 Å². The fraction of sp³-hybridized carbons (Fsp3) is 0.346. The van der Waals surface area contributed by atoms with E-state index in [0.717, 1.165) is 10.1 Å². The molecule has 0 bridgehead atoms. The highest BCUT2D eigenvalue weighted by molar-refractivity contribution is 7.52. The molecule has 0 spiro atoms. The molecule has 0 aliphatic carbocycles. The topological polar surface area (TPSA) is 213 Å². The van der Waals surface area contributed by atoms with Gasteiger partial charge in [0.25, 0.3) is 0 Å². The molecule has 4 N–H and O–H groups in total. The molecule has 1 aliphatic heterocycles. The fourth-order valence-electron chi connectivity index (χ4n) is 4.21. The summed E-state index contributed by atoms with van der Waals surface area (Å²) in [5, 5.41) is 17.3. The number of nitrogens with two attached hydrogens (primary N) is 1. The lowest BCUT2D eigenvalue weighted by molar-refractivity contribution is -0.146. The lowest BCUT2D eigenvalue weighted by Crippen LogP contribution is -2.45. The van der Waals surface area contributed by atoms with Crippen molar-refractivity contribution in [2.75, 3.05) is 12.3 Å². The van der Waals surface area contributed by atoms with E-state index in [0.29, 0.717) is 0 Å². The molecule has 1 aromatic heterocycles. The Kier molecular flexibility index (Phi) is 9.63. The Morgan fingerprint density at radius 3 is 2.57 bits per heavy atom. The van der Waals surface area contributed by atoms with E-state index in [1.807, 2.05) is 6.07 Å². The third-order valence-corrected chi connectivity index (χ3v) is 8.07. The van der Waals surface area contributed by atoms with Crippen LogP contribution in [0.1, 0.15) is 25.6 Å². The zero-order valence-electron chi connectivity index (χ0n) is 22.7. The summed E-state index contributed by atoms with van der Waals surface area (Å²) in [4.78, 5) is 31.7. The normalized spacial score (nSPS) is 23.7. The number of rotatable bonds is 12. The number of aromatic nitrogens is 2. The molecule has 3 aromatic rings. The zero-order chi connectivity index (χ0) is 30.3. The maximum atomic E-state index is 13.9. The monoisotopic (exact) mass is 599 g/mol. The minimum atomic E-state index is -4.33. The molecule has 2 heterocycles. The van der Waals surface area contributed by atoms with Gasteiger partial charge in [-0.05, 0) is 43.1 Å². The van der Waals surface area contributed by atoms with E-state index in [4.69, 9.17) is 24.3 Å². The molecular weight excluding hydrogens is 569 g/mol. The van der Waals surface area contributed by atoms with Crippen molar-refractivity contribution in [1.29, 1.82) is 0 Å². The quantitative estimate of drug-likeness (QED) is 0.0904.